The molecule has 1 fully saturated rings. The van der Waals surface area contributed by atoms with Crippen LogP contribution in [0.2, 0.25) is 0 Å². The summed E-state index contributed by atoms with van der Waals surface area (Å²) in [6, 6.07) is 3.07. The average molecular weight is 426 g/mol. The van der Waals surface area contributed by atoms with Gasteiger partial charge < -0.3 is 20.7 Å². The maximum Gasteiger partial charge on any atom is 0.419 e. The number of halogens is 4. The first kappa shape index (κ1) is 26.8. The normalized spacial score (nSPS) is 16.7. The Hall–Kier alpha value is -2.24. The summed E-state index contributed by atoms with van der Waals surface area (Å²) >= 11 is 0. The second-order valence-electron chi connectivity index (χ2n) is 6.16. The van der Waals surface area contributed by atoms with Gasteiger partial charge in [0.2, 0.25) is 0 Å². The minimum atomic E-state index is -4.66. The molecule has 0 bridgehead atoms. The maximum atomic E-state index is 13.5. The van der Waals surface area contributed by atoms with Crippen LogP contribution in [0, 0.1) is 5.82 Å². The topological polar surface area (TPSA) is 113 Å². The van der Waals surface area contributed by atoms with Crippen LogP contribution in [0.4, 0.5) is 17.6 Å². The number of ether oxygens (including phenoxy) is 1. The van der Waals surface area contributed by atoms with Gasteiger partial charge in [-0.2, -0.15) is 13.2 Å². The number of hydrogen-bond donors (Lipinski definition) is 3. The Balaban J connectivity index is 0.000000837. The molecule has 0 aliphatic carbocycles. The standard InChI is InChI=1S/C14H18F4N2O.2C2H4O2/c15-13-7-10(1-2-12(13)14(16,17)18)8-20-5-6-21-11(9-20)3-4-19;2*1-2(3)4/h1-2,7,11H,3-6,8-9,19H2;2*1H3,(H,3,4). The Morgan fingerprint density at radius 3 is 2.24 bits per heavy atom. The third-order valence-electron chi connectivity index (χ3n) is 3.46. The SMILES string of the molecule is CC(=O)O.CC(=O)O.NCCC1CN(Cc2ccc(C(F)(F)F)c(F)c2)CCO1. The molecule has 0 spiro atoms. The second-order valence-corrected chi connectivity index (χ2v) is 6.16. The van der Waals surface area contributed by atoms with Crippen LogP contribution in [0.3, 0.4) is 0 Å². The molecule has 1 saturated heterocycles. The summed E-state index contributed by atoms with van der Waals surface area (Å²) in [7, 11) is 0. The van der Waals surface area contributed by atoms with Crippen molar-refractivity contribution in [1.82, 2.24) is 4.90 Å². The first-order valence-electron chi connectivity index (χ1n) is 8.65. The summed E-state index contributed by atoms with van der Waals surface area (Å²) in [5.74, 6) is -2.90. The molecule has 7 nitrogen and oxygen atoms in total. The largest absolute Gasteiger partial charge is 0.481 e. The van der Waals surface area contributed by atoms with E-state index >= 15 is 0 Å². The number of carbonyl (C=O) groups is 2. The number of rotatable bonds is 4. The van der Waals surface area contributed by atoms with E-state index in [-0.39, 0.29) is 6.10 Å². The molecule has 1 aliphatic rings. The van der Waals surface area contributed by atoms with Crippen LogP contribution in [-0.4, -0.2) is 59.4 Å². The van der Waals surface area contributed by atoms with Crippen LogP contribution in [0.1, 0.15) is 31.4 Å². The Labute approximate surface area is 166 Å². The molecule has 0 saturated carbocycles. The van der Waals surface area contributed by atoms with Crippen LogP contribution in [-0.2, 0) is 27.0 Å². The zero-order chi connectivity index (χ0) is 22.6. The summed E-state index contributed by atoms with van der Waals surface area (Å²) in [6.45, 7) is 4.96. The number of carboxylic acids is 2. The average Bonchev–Trinajstić information content (AvgIpc) is 2.53. The zero-order valence-electron chi connectivity index (χ0n) is 16.2. The molecule has 1 atom stereocenters. The molecule has 1 heterocycles. The van der Waals surface area contributed by atoms with Crippen LogP contribution in [0.25, 0.3) is 0 Å². The lowest BCUT2D eigenvalue weighted by Crippen LogP contribution is -2.42. The highest BCUT2D eigenvalue weighted by atomic mass is 19.4. The first-order chi connectivity index (χ1) is 13.4. The highest BCUT2D eigenvalue weighted by Gasteiger charge is 2.34. The zero-order valence-corrected chi connectivity index (χ0v) is 16.2. The van der Waals surface area contributed by atoms with Crippen molar-refractivity contribution in [3.63, 3.8) is 0 Å². The van der Waals surface area contributed by atoms with E-state index in [0.717, 1.165) is 32.4 Å². The van der Waals surface area contributed by atoms with Crippen LogP contribution < -0.4 is 5.73 Å². The van der Waals surface area contributed by atoms with Gasteiger partial charge in [-0.15, -0.1) is 0 Å². The van der Waals surface area contributed by atoms with E-state index in [4.69, 9.17) is 30.3 Å². The van der Waals surface area contributed by atoms with E-state index in [2.05, 4.69) is 0 Å². The lowest BCUT2D eigenvalue weighted by molar-refractivity contribution is -0.140. The van der Waals surface area contributed by atoms with Crippen LogP contribution in [0.5, 0.6) is 0 Å². The quantitative estimate of drug-likeness (QED) is 0.634. The number of aliphatic carboxylic acids is 2. The molecule has 0 amide bonds. The number of alkyl halides is 3. The lowest BCUT2D eigenvalue weighted by atomic mass is 10.1. The highest BCUT2D eigenvalue weighted by molar-refractivity contribution is 5.63. The van der Waals surface area contributed by atoms with E-state index in [9.17, 15) is 17.6 Å². The van der Waals surface area contributed by atoms with Crippen molar-refractivity contribution < 1.29 is 42.1 Å². The third-order valence-corrected chi connectivity index (χ3v) is 3.46. The van der Waals surface area contributed by atoms with Crippen molar-refractivity contribution in [2.75, 3.05) is 26.2 Å². The van der Waals surface area contributed by atoms with Crippen molar-refractivity contribution >= 4 is 11.9 Å². The Bertz CT molecular complexity index is 634. The molecule has 1 unspecified atom stereocenters. The molecular weight excluding hydrogens is 400 g/mol. The van der Waals surface area contributed by atoms with Crippen molar-refractivity contribution in [3.05, 3.63) is 35.1 Å². The minimum Gasteiger partial charge on any atom is -0.481 e. The van der Waals surface area contributed by atoms with Gasteiger partial charge in [0.05, 0.1) is 18.3 Å². The number of hydrogen-bond acceptors (Lipinski definition) is 5. The number of benzene rings is 1. The summed E-state index contributed by atoms with van der Waals surface area (Å²) in [6.07, 6.45) is -3.89. The maximum absolute atomic E-state index is 13.5. The van der Waals surface area contributed by atoms with Gasteiger partial charge in [0, 0.05) is 33.5 Å². The van der Waals surface area contributed by atoms with Crippen molar-refractivity contribution in [2.45, 2.75) is 39.1 Å². The fraction of sp³-hybridized carbons (Fsp3) is 0.556. The molecule has 1 aromatic rings. The van der Waals surface area contributed by atoms with Crippen molar-refractivity contribution in [3.8, 4) is 0 Å². The van der Waals surface area contributed by atoms with E-state index in [1.54, 1.807) is 0 Å². The molecule has 166 valence electrons. The fourth-order valence-corrected chi connectivity index (χ4v) is 2.43. The van der Waals surface area contributed by atoms with Gasteiger partial charge in [0.1, 0.15) is 5.82 Å². The summed E-state index contributed by atoms with van der Waals surface area (Å²) in [5, 5.41) is 14.8. The molecule has 0 radical (unpaired) electrons. The molecular formula is C18H26F4N2O5. The van der Waals surface area contributed by atoms with E-state index in [1.165, 1.54) is 6.07 Å². The van der Waals surface area contributed by atoms with Crippen molar-refractivity contribution in [1.29, 1.82) is 0 Å². The van der Waals surface area contributed by atoms with Crippen LogP contribution >= 0.6 is 0 Å². The van der Waals surface area contributed by atoms with Gasteiger partial charge in [-0.25, -0.2) is 4.39 Å². The summed E-state index contributed by atoms with van der Waals surface area (Å²) < 4.78 is 56.5. The van der Waals surface area contributed by atoms with Gasteiger partial charge in [-0.3, -0.25) is 14.5 Å². The molecule has 1 aromatic carbocycles. The second kappa shape index (κ2) is 13.1. The fourth-order valence-electron chi connectivity index (χ4n) is 2.43. The Morgan fingerprint density at radius 1 is 1.24 bits per heavy atom. The Morgan fingerprint density at radius 2 is 1.79 bits per heavy atom. The number of nitrogens with zero attached hydrogens (tertiary/aromatic N) is 1. The van der Waals surface area contributed by atoms with E-state index < -0.39 is 29.5 Å². The van der Waals surface area contributed by atoms with Gasteiger partial charge >= 0.3 is 6.18 Å². The van der Waals surface area contributed by atoms with Gasteiger partial charge in [-0.05, 0) is 30.7 Å². The van der Waals surface area contributed by atoms with Gasteiger partial charge in [0.25, 0.3) is 11.9 Å². The van der Waals surface area contributed by atoms with E-state index in [1.807, 2.05) is 4.90 Å². The smallest absolute Gasteiger partial charge is 0.419 e. The number of carboxylic acid groups (broad SMARTS) is 2. The van der Waals surface area contributed by atoms with E-state index in [0.29, 0.717) is 38.3 Å². The minimum absolute atomic E-state index is 0.0306. The monoisotopic (exact) mass is 426 g/mol. The molecule has 11 heteroatoms. The Kier molecular flexibility index (Phi) is 12.1. The lowest BCUT2D eigenvalue weighted by Gasteiger charge is -2.32. The summed E-state index contributed by atoms with van der Waals surface area (Å²) in [5.41, 5.74) is 4.77. The van der Waals surface area contributed by atoms with Crippen LogP contribution in [0.15, 0.2) is 18.2 Å². The molecule has 1 aliphatic heterocycles. The number of morpholine rings is 1. The predicted octanol–water partition coefficient (Wildman–Crippen LogP) is 2.58. The highest BCUT2D eigenvalue weighted by Crippen LogP contribution is 2.31. The van der Waals surface area contributed by atoms with Crippen molar-refractivity contribution in [2.24, 2.45) is 5.73 Å². The third kappa shape index (κ3) is 12.8. The molecule has 4 N–H and O–H groups in total. The molecule has 2 rings (SSSR count). The predicted molar refractivity (Wildman–Crippen MR) is 96.7 cm³/mol. The number of nitrogens with two attached hydrogens (primary N) is 1. The molecule has 0 aromatic heterocycles. The molecule has 29 heavy (non-hydrogen) atoms. The summed E-state index contributed by atoms with van der Waals surface area (Å²) in [4.78, 5) is 20.0. The van der Waals surface area contributed by atoms with Gasteiger partial charge in [0.15, 0.2) is 0 Å². The van der Waals surface area contributed by atoms with Gasteiger partial charge in [-0.1, -0.05) is 6.07 Å². The first-order valence-corrected chi connectivity index (χ1v) is 8.65.